The van der Waals surface area contributed by atoms with Crippen molar-refractivity contribution in [2.24, 2.45) is 7.05 Å². The van der Waals surface area contributed by atoms with E-state index in [4.69, 9.17) is 0 Å². The third kappa shape index (κ3) is 3.40. The Morgan fingerprint density at radius 1 is 1.50 bits per heavy atom. The molecule has 1 rings (SSSR count). The molecule has 0 saturated carbocycles. The third-order valence-corrected chi connectivity index (χ3v) is 2.34. The summed E-state index contributed by atoms with van der Waals surface area (Å²) < 4.78 is 6.21. The van der Waals surface area contributed by atoms with Crippen LogP contribution in [0.1, 0.15) is 6.92 Å². The number of allylic oxidation sites excluding steroid dienone is 1. The van der Waals surface area contributed by atoms with Gasteiger partial charge in [0, 0.05) is 19.7 Å². The number of rotatable bonds is 5. The van der Waals surface area contributed by atoms with Crippen LogP contribution in [0.2, 0.25) is 0 Å². The van der Waals surface area contributed by atoms with Crippen molar-refractivity contribution < 1.29 is 14.5 Å². The number of hydrogen-bond donors (Lipinski definition) is 0. The molecule has 0 bridgehead atoms. The molecule has 1 aromatic rings. The molecule has 0 aliphatic rings. The number of aryl methyl sites for hydroxylation is 1. The first-order chi connectivity index (χ1) is 9.38. The van der Waals surface area contributed by atoms with Crippen LogP contribution in [0.4, 0.5) is 5.69 Å². The predicted molar refractivity (Wildman–Crippen MR) is 68.4 cm³/mol. The second kappa shape index (κ2) is 6.45. The molecule has 0 fully saturated rings. The van der Waals surface area contributed by atoms with Crippen molar-refractivity contribution in [1.29, 1.82) is 0 Å². The van der Waals surface area contributed by atoms with Gasteiger partial charge in [-0.1, -0.05) is 6.08 Å². The summed E-state index contributed by atoms with van der Waals surface area (Å²) in [5.74, 6) is -0.622. The normalized spacial score (nSPS) is 10.7. The lowest BCUT2D eigenvalue weighted by Gasteiger charge is -2.04. The molecule has 1 heterocycles. The molecular formula is C11H13N3O6. The molecule has 0 aliphatic heterocycles. The van der Waals surface area contributed by atoms with Crippen LogP contribution in [0.5, 0.6) is 0 Å². The largest absolute Gasteiger partial charge is 0.463 e. The Labute approximate surface area is 112 Å². The molecule has 0 aromatic carbocycles. The molecule has 20 heavy (non-hydrogen) atoms. The van der Waals surface area contributed by atoms with Crippen molar-refractivity contribution in [3.8, 4) is 0 Å². The zero-order chi connectivity index (χ0) is 15.3. The molecule has 0 unspecified atom stereocenters. The van der Waals surface area contributed by atoms with E-state index in [1.165, 1.54) is 13.1 Å². The maximum absolute atomic E-state index is 11.7. The van der Waals surface area contributed by atoms with Crippen LogP contribution in [-0.4, -0.2) is 26.6 Å². The topological polar surface area (TPSA) is 113 Å². The number of nitro groups is 1. The van der Waals surface area contributed by atoms with Gasteiger partial charge >= 0.3 is 22.9 Å². The maximum Gasteiger partial charge on any atom is 0.350 e. The van der Waals surface area contributed by atoms with Crippen LogP contribution in [0, 0.1) is 10.1 Å². The number of aromatic nitrogens is 2. The summed E-state index contributed by atoms with van der Waals surface area (Å²) in [6.07, 6.45) is 3.13. The molecule has 0 atom stereocenters. The van der Waals surface area contributed by atoms with Gasteiger partial charge in [-0.25, -0.2) is 9.59 Å². The van der Waals surface area contributed by atoms with Crippen LogP contribution < -0.4 is 11.2 Å². The van der Waals surface area contributed by atoms with Crippen LogP contribution in [-0.2, 0) is 23.1 Å². The summed E-state index contributed by atoms with van der Waals surface area (Å²) in [6, 6.07) is 0. The summed E-state index contributed by atoms with van der Waals surface area (Å²) in [5, 5.41) is 10.7. The van der Waals surface area contributed by atoms with Gasteiger partial charge in [0.25, 0.3) is 0 Å². The van der Waals surface area contributed by atoms with Crippen LogP contribution in [0.25, 0.3) is 0 Å². The number of carbonyl (C=O) groups excluding carboxylic acids is 1. The summed E-state index contributed by atoms with van der Waals surface area (Å²) in [7, 11) is 1.29. The van der Waals surface area contributed by atoms with Gasteiger partial charge in [-0.3, -0.25) is 24.0 Å². The summed E-state index contributed by atoms with van der Waals surface area (Å²) in [5.41, 5.74) is -2.45. The van der Waals surface area contributed by atoms with E-state index in [9.17, 15) is 24.5 Å². The van der Waals surface area contributed by atoms with Crippen molar-refractivity contribution >= 4 is 11.7 Å². The van der Waals surface area contributed by atoms with Gasteiger partial charge in [-0.15, -0.1) is 0 Å². The Balaban J connectivity index is 3.13. The van der Waals surface area contributed by atoms with Gasteiger partial charge in [0.15, 0.2) is 0 Å². The second-order valence-electron chi connectivity index (χ2n) is 3.74. The summed E-state index contributed by atoms with van der Waals surface area (Å²) in [6.45, 7) is 1.57. The van der Waals surface area contributed by atoms with Gasteiger partial charge in [0.1, 0.15) is 0 Å². The lowest BCUT2D eigenvalue weighted by atomic mass is 10.4. The molecule has 9 nitrogen and oxygen atoms in total. The molecule has 0 saturated heterocycles. The Bertz CT molecular complexity index is 670. The van der Waals surface area contributed by atoms with E-state index in [1.54, 1.807) is 6.92 Å². The monoisotopic (exact) mass is 283 g/mol. The smallest absolute Gasteiger partial charge is 0.350 e. The van der Waals surface area contributed by atoms with Crippen LogP contribution in [0.3, 0.4) is 0 Å². The molecule has 0 N–H and O–H groups in total. The van der Waals surface area contributed by atoms with Gasteiger partial charge < -0.3 is 4.74 Å². The third-order valence-electron chi connectivity index (χ3n) is 2.34. The summed E-state index contributed by atoms with van der Waals surface area (Å²) >= 11 is 0. The fourth-order valence-corrected chi connectivity index (χ4v) is 1.44. The number of nitrogens with zero attached hydrogens (tertiary/aromatic N) is 3. The van der Waals surface area contributed by atoms with E-state index in [0.717, 1.165) is 16.8 Å². The average Bonchev–Trinajstić information content (AvgIpc) is 2.37. The van der Waals surface area contributed by atoms with Crippen molar-refractivity contribution in [2.75, 3.05) is 6.61 Å². The van der Waals surface area contributed by atoms with Gasteiger partial charge in [0.2, 0.25) is 0 Å². The fraction of sp³-hybridized carbons (Fsp3) is 0.364. The minimum Gasteiger partial charge on any atom is -0.463 e. The maximum atomic E-state index is 11.7. The SMILES string of the molecule is CCOC(=O)/C=C/Cn1c(=O)c([N+](=O)[O-])cn(C)c1=O. The quantitative estimate of drug-likeness (QED) is 0.313. The first-order valence-electron chi connectivity index (χ1n) is 5.66. The molecule has 0 spiro atoms. The van der Waals surface area contributed by atoms with Crippen LogP contribution in [0.15, 0.2) is 27.9 Å². The minimum absolute atomic E-state index is 0.196. The zero-order valence-electron chi connectivity index (χ0n) is 10.9. The minimum atomic E-state index is -1.02. The Morgan fingerprint density at radius 2 is 2.15 bits per heavy atom. The van der Waals surface area contributed by atoms with E-state index in [1.807, 2.05) is 0 Å². The highest BCUT2D eigenvalue weighted by Crippen LogP contribution is 1.99. The lowest BCUT2D eigenvalue weighted by Crippen LogP contribution is -2.39. The predicted octanol–water partition coefficient (Wildman–Crippen LogP) is -0.426. The molecule has 0 aliphatic carbocycles. The van der Waals surface area contributed by atoms with Gasteiger partial charge in [-0.05, 0) is 6.92 Å². The Kier molecular flexibility index (Phi) is 4.95. The lowest BCUT2D eigenvalue weighted by molar-refractivity contribution is -0.387. The molecule has 0 radical (unpaired) electrons. The second-order valence-corrected chi connectivity index (χ2v) is 3.74. The van der Waals surface area contributed by atoms with Gasteiger partial charge in [0.05, 0.1) is 17.7 Å². The molecule has 108 valence electrons. The number of hydrogen-bond acceptors (Lipinski definition) is 6. The van der Waals surface area contributed by atoms with Crippen molar-refractivity contribution in [2.45, 2.75) is 13.5 Å². The van der Waals surface area contributed by atoms with E-state index in [-0.39, 0.29) is 13.2 Å². The number of esters is 1. The fourth-order valence-electron chi connectivity index (χ4n) is 1.44. The standard InChI is InChI=1S/C11H13N3O6/c1-3-20-9(15)5-4-6-13-10(16)8(14(18)19)7-12(2)11(13)17/h4-5,7H,3,6H2,1-2H3/b5-4+. The number of ether oxygens (including phenoxy) is 1. The first kappa shape index (κ1) is 15.3. The van der Waals surface area contributed by atoms with E-state index < -0.39 is 27.8 Å². The highest BCUT2D eigenvalue weighted by Gasteiger charge is 2.17. The Hall–Kier alpha value is -2.71. The average molecular weight is 283 g/mol. The summed E-state index contributed by atoms with van der Waals surface area (Å²) in [4.78, 5) is 44.3. The molecule has 0 amide bonds. The zero-order valence-corrected chi connectivity index (χ0v) is 10.9. The highest BCUT2D eigenvalue weighted by atomic mass is 16.6. The first-order valence-corrected chi connectivity index (χ1v) is 5.66. The highest BCUT2D eigenvalue weighted by molar-refractivity contribution is 5.81. The Morgan fingerprint density at radius 3 is 2.70 bits per heavy atom. The molecular weight excluding hydrogens is 270 g/mol. The van der Waals surface area contributed by atoms with Gasteiger partial charge in [-0.2, -0.15) is 0 Å². The van der Waals surface area contributed by atoms with Crippen LogP contribution >= 0.6 is 0 Å². The van der Waals surface area contributed by atoms with E-state index >= 15 is 0 Å². The van der Waals surface area contributed by atoms with Crippen molar-refractivity contribution in [3.63, 3.8) is 0 Å². The number of carbonyl (C=O) groups is 1. The van der Waals surface area contributed by atoms with Crippen molar-refractivity contribution in [3.05, 3.63) is 49.3 Å². The van der Waals surface area contributed by atoms with Crippen molar-refractivity contribution in [1.82, 2.24) is 9.13 Å². The van der Waals surface area contributed by atoms with E-state index in [2.05, 4.69) is 4.74 Å². The molecule has 1 aromatic heterocycles. The van der Waals surface area contributed by atoms with E-state index in [0.29, 0.717) is 4.57 Å². The molecule has 9 heteroatoms.